The van der Waals surface area contributed by atoms with Crippen LogP contribution in [0.4, 0.5) is 0 Å². The van der Waals surface area contributed by atoms with Crippen LogP contribution in [0, 0.1) is 0 Å². The van der Waals surface area contributed by atoms with Crippen molar-refractivity contribution in [3.05, 3.63) is 34.9 Å². The second-order valence-corrected chi connectivity index (χ2v) is 7.27. The minimum Gasteiger partial charge on any atom is -0.367 e. The first-order valence-electron chi connectivity index (χ1n) is 7.12. The van der Waals surface area contributed by atoms with Crippen LogP contribution in [-0.2, 0) is 4.74 Å². The molecule has 2 N–H and O–H groups in total. The molecule has 1 saturated heterocycles. The molecule has 0 radical (unpaired) electrons. The molecule has 1 aromatic rings. The van der Waals surface area contributed by atoms with E-state index in [0.29, 0.717) is 6.54 Å². The van der Waals surface area contributed by atoms with Gasteiger partial charge in [-0.2, -0.15) is 0 Å². The molecule has 4 heteroatoms. The zero-order chi connectivity index (χ0) is 15.0. The number of rotatable bonds is 3. The molecule has 1 atom stereocenters. The molecule has 1 aromatic carbocycles. The molecule has 1 heterocycles. The molecule has 20 heavy (non-hydrogen) atoms. The van der Waals surface area contributed by atoms with Gasteiger partial charge in [-0.25, -0.2) is 0 Å². The first-order valence-corrected chi connectivity index (χ1v) is 7.50. The number of nitrogens with zero attached hydrogens (tertiary/aromatic N) is 1. The van der Waals surface area contributed by atoms with Crippen molar-refractivity contribution >= 4 is 11.6 Å². The van der Waals surface area contributed by atoms with E-state index in [9.17, 15) is 0 Å². The van der Waals surface area contributed by atoms with Crippen molar-refractivity contribution in [1.29, 1.82) is 0 Å². The SMILES string of the molecule is CC1(C)CN(C(CN)c2cccc(Cl)c2)CC(C)(C)O1. The zero-order valence-electron chi connectivity index (χ0n) is 12.8. The van der Waals surface area contributed by atoms with Crippen molar-refractivity contribution in [1.82, 2.24) is 4.90 Å². The molecule has 0 aliphatic carbocycles. The highest BCUT2D eigenvalue weighted by molar-refractivity contribution is 6.30. The summed E-state index contributed by atoms with van der Waals surface area (Å²) in [6.45, 7) is 10.8. The van der Waals surface area contributed by atoms with Crippen LogP contribution in [0.3, 0.4) is 0 Å². The van der Waals surface area contributed by atoms with Gasteiger partial charge in [0.1, 0.15) is 0 Å². The van der Waals surface area contributed by atoms with E-state index in [1.807, 2.05) is 18.2 Å². The number of morpholine rings is 1. The van der Waals surface area contributed by atoms with Crippen LogP contribution >= 0.6 is 11.6 Å². The number of ether oxygens (including phenoxy) is 1. The van der Waals surface area contributed by atoms with E-state index in [2.05, 4.69) is 38.7 Å². The molecule has 1 unspecified atom stereocenters. The summed E-state index contributed by atoms with van der Waals surface area (Å²) in [5.74, 6) is 0. The van der Waals surface area contributed by atoms with Gasteiger partial charge in [0.25, 0.3) is 0 Å². The lowest BCUT2D eigenvalue weighted by molar-refractivity contribution is -0.187. The van der Waals surface area contributed by atoms with Crippen LogP contribution in [0.15, 0.2) is 24.3 Å². The van der Waals surface area contributed by atoms with E-state index in [0.717, 1.165) is 18.1 Å². The van der Waals surface area contributed by atoms with Gasteiger partial charge in [0.15, 0.2) is 0 Å². The summed E-state index contributed by atoms with van der Waals surface area (Å²) in [5.41, 5.74) is 6.87. The number of benzene rings is 1. The average molecular weight is 297 g/mol. The second kappa shape index (κ2) is 5.64. The molecule has 3 nitrogen and oxygen atoms in total. The van der Waals surface area contributed by atoms with Gasteiger partial charge in [0.05, 0.1) is 11.2 Å². The van der Waals surface area contributed by atoms with Crippen molar-refractivity contribution < 1.29 is 4.74 Å². The van der Waals surface area contributed by atoms with Gasteiger partial charge in [-0.15, -0.1) is 0 Å². The number of halogens is 1. The fourth-order valence-corrected chi connectivity index (χ4v) is 3.48. The lowest BCUT2D eigenvalue weighted by Gasteiger charge is -2.49. The number of nitrogens with two attached hydrogens (primary N) is 1. The van der Waals surface area contributed by atoms with Crippen LogP contribution in [0.2, 0.25) is 5.02 Å². The molecular formula is C16H25ClN2O. The summed E-state index contributed by atoms with van der Waals surface area (Å²) in [5, 5.41) is 0.757. The van der Waals surface area contributed by atoms with Crippen molar-refractivity contribution in [2.45, 2.75) is 44.9 Å². The van der Waals surface area contributed by atoms with Crippen LogP contribution in [0.25, 0.3) is 0 Å². The van der Waals surface area contributed by atoms with E-state index < -0.39 is 0 Å². The Bertz CT molecular complexity index is 457. The molecule has 1 aliphatic heterocycles. The van der Waals surface area contributed by atoms with Gasteiger partial charge >= 0.3 is 0 Å². The molecule has 1 fully saturated rings. The fourth-order valence-electron chi connectivity index (χ4n) is 3.28. The minimum absolute atomic E-state index is 0.173. The first kappa shape index (κ1) is 15.8. The molecule has 0 spiro atoms. The second-order valence-electron chi connectivity index (χ2n) is 6.83. The van der Waals surface area contributed by atoms with Crippen LogP contribution in [-0.4, -0.2) is 35.7 Å². The van der Waals surface area contributed by atoms with E-state index >= 15 is 0 Å². The van der Waals surface area contributed by atoms with Gasteiger partial charge in [-0.3, -0.25) is 4.90 Å². The Morgan fingerprint density at radius 3 is 2.35 bits per heavy atom. The quantitative estimate of drug-likeness (QED) is 0.931. The number of hydrogen-bond donors (Lipinski definition) is 1. The van der Waals surface area contributed by atoms with Crippen molar-refractivity contribution in [3.8, 4) is 0 Å². The monoisotopic (exact) mass is 296 g/mol. The van der Waals surface area contributed by atoms with Gasteiger partial charge in [-0.1, -0.05) is 23.7 Å². The molecule has 2 rings (SSSR count). The fraction of sp³-hybridized carbons (Fsp3) is 0.625. The first-order chi connectivity index (χ1) is 9.22. The van der Waals surface area contributed by atoms with Gasteiger partial charge in [0, 0.05) is 30.7 Å². The standard InChI is InChI=1S/C16H25ClN2O/c1-15(2)10-19(11-16(3,4)20-15)14(9-18)12-6-5-7-13(17)8-12/h5-8,14H,9-11,18H2,1-4H3. The summed E-state index contributed by atoms with van der Waals surface area (Å²) < 4.78 is 6.14. The Balaban J connectivity index is 2.27. The van der Waals surface area contributed by atoms with E-state index in [-0.39, 0.29) is 17.2 Å². The third kappa shape index (κ3) is 3.73. The predicted molar refractivity (Wildman–Crippen MR) is 84.1 cm³/mol. The van der Waals surface area contributed by atoms with E-state index in [1.54, 1.807) is 0 Å². The summed E-state index contributed by atoms with van der Waals surface area (Å²) in [6, 6.07) is 8.16. The normalized spacial score (nSPS) is 23.5. The Morgan fingerprint density at radius 1 is 1.25 bits per heavy atom. The summed E-state index contributed by atoms with van der Waals surface area (Å²) in [4.78, 5) is 2.41. The summed E-state index contributed by atoms with van der Waals surface area (Å²) >= 11 is 6.11. The highest BCUT2D eigenvalue weighted by atomic mass is 35.5. The maximum Gasteiger partial charge on any atom is 0.0761 e. The Labute approximate surface area is 127 Å². The predicted octanol–water partition coefficient (Wildman–Crippen LogP) is 3.23. The molecule has 0 bridgehead atoms. The summed E-state index contributed by atoms with van der Waals surface area (Å²) in [7, 11) is 0. The zero-order valence-corrected chi connectivity index (χ0v) is 13.6. The lowest BCUT2D eigenvalue weighted by Crippen LogP contribution is -2.58. The maximum atomic E-state index is 6.14. The third-order valence-corrected chi connectivity index (χ3v) is 3.85. The molecule has 0 amide bonds. The third-order valence-electron chi connectivity index (χ3n) is 3.62. The Morgan fingerprint density at radius 2 is 1.85 bits per heavy atom. The van der Waals surface area contributed by atoms with Gasteiger partial charge in [0.2, 0.25) is 0 Å². The lowest BCUT2D eigenvalue weighted by atomic mass is 9.95. The Kier molecular flexibility index (Phi) is 4.45. The Hall–Kier alpha value is -0.610. The van der Waals surface area contributed by atoms with E-state index in [1.165, 1.54) is 5.56 Å². The molecule has 0 saturated carbocycles. The van der Waals surface area contributed by atoms with E-state index in [4.69, 9.17) is 22.1 Å². The molecule has 112 valence electrons. The van der Waals surface area contributed by atoms with Crippen LogP contribution in [0.5, 0.6) is 0 Å². The molecule has 0 aromatic heterocycles. The van der Waals surface area contributed by atoms with Gasteiger partial charge in [-0.05, 0) is 45.4 Å². The highest BCUT2D eigenvalue weighted by Gasteiger charge is 2.40. The largest absolute Gasteiger partial charge is 0.367 e. The van der Waals surface area contributed by atoms with Crippen molar-refractivity contribution in [2.24, 2.45) is 5.73 Å². The van der Waals surface area contributed by atoms with Gasteiger partial charge < -0.3 is 10.5 Å². The van der Waals surface area contributed by atoms with Crippen LogP contribution in [0.1, 0.15) is 39.3 Å². The minimum atomic E-state index is -0.173. The topological polar surface area (TPSA) is 38.5 Å². The average Bonchev–Trinajstić information content (AvgIpc) is 2.25. The summed E-state index contributed by atoms with van der Waals surface area (Å²) in [6.07, 6.45) is 0. The highest BCUT2D eigenvalue weighted by Crippen LogP contribution is 2.33. The molecular weight excluding hydrogens is 272 g/mol. The van der Waals surface area contributed by atoms with Crippen molar-refractivity contribution in [2.75, 3.05) is 19.6 Å². The maximum absolute atomic E-state index is 6.14. The smallest absolute Gasteiger partial charge is 0.0761 e. The van der Waals surface area contributed by atoms with Crippen LogP contribution < -0.4 is 5.73 Å². The molecule has 1 aliphatic rings. The number of hydrogen-bond acceptors (Lipinski definition) is 3. The van der Waals surface area contributed by atoms with Crippen molar-refractivity contribution in [3.63, 3.8) is 0 Å².